The summed E-state index contributed by atoms with van der Waals surface area (Å²) >= 11 is 0. The summed E-state index contributed by atoms with van der Waals surface area (Å²) in [6, 6.07) is 2.43. The highest BCUT2D eigenvalue weighted by atomic mass is 15.3. The summed E-state index contributed by atoms with van der Waals surface area (Å²) in [5.74, 6) is 0. The molecule has 2 heteroatoms. The predicted octanol–water partition coefficient (Wildman–Crippen LogP) is 1.95. The van der Waals surface area contributed by atoms with Crippen molar-refractivity contribution < 1.29 is 0 Å². The van der Waals surface area contributed by atoms with Crippen LogP contribution >= 0.6 is 0 Å². The first-order valence-corrected chi connectivity index (χ1v) is 6.22. The zero-order chi connectivity index (χ0) is 10.1. The van der Waals surface area contributed by atoms with Crippen LogP contribution in [0.4, 0.5) is 0 Å². The molecule has 0 amide bonds. The average molecular weight is 196 g/mol. The highest BCUT2D eigenvalue weighted by Crippen LogP contribution is 2.26. The number of hydrogen-bond acceptors (Lipinski definition) is 2. The summed E-state index contributed by atoms with van der Waals surface area (Å²) in [6.45, 7) is 11.0. The van der Waals surface area contributed by atoms with Gasteiger partial charge in [-0.05, 0) is 46.2 Å². The van der Waals surface area contributed by atoms with E-state index in [1.807, 2.05) is 0 Å². The second kappa shape index (κ2) is 4.19. The summed E-state index contributed by atoms with van der Waals surface area (Å²) < 4.78 is 0. The van der Waals surface area contributed by atoms with Gasteiger partial charge in [-0.2, -0.15) is 0 Å². The van der Waals surface area contributed by atoms with E-state index in [9.17, 15) is 0 Å². The highest BCUT2D eigenvalue weighted by Gasteiger charge is 2.34. The molecule has 1 atom stereocenters. The molecule has 0 radical (unpaired) electrons. The lowest BCUT2D eigenvalue weighted by molar-refractivity contribution is 0.149. The zero-order valence-electron chi connectivity index (χ0n) is 9.87. The highest BCUT2D eigenvalue weighted by molar-refractivity contribution is 4.91. The molecule has 2 bridgehead atoms. The Bertz CT molecular complexity index is 183. The molecule has 1 unspecified atom stereocenters. The molecule has 0 spiro atoms. The smallest absolute Gasteiger partial charge is 0.0220 e. The molecular formula is C12H24N2. The lowest BCUT2D eigenvalue weighted by Crippen LogP contribution is -2.42. The van der Waals surface area contributed by atoms with Crippen molar-refractivity contribution in [2.45, 2.75) is 58.2 Å². The fourth-order valence-electron chi connectivity index (χ4n) is 3.11. The van der Waals surface area contributed by atoms with E-state index < -0.39 is 0 Å². The van der Waals surface area contributed by atoms with Gasteiger partial charge in [-0.1, -0.05) is 6.92 Å². The number of hydrogen-bond donors (Lipinski definition) is 0. The molecular weight excluding hydrogens is 172 g/mol. The first kappa shape index (κ1) is 10.4. The van der Waals surface area contributed by atoms with Gasteiger partial charge in [-0.3, -0.25) is 9.80 Å². The average Bonchev–Trinajstić information content (AvgIpc) is 2.46. The molecule has 0 saturated carbocycles. The summed E-state index contributed by atoms with van der Waals surface area (Å²) in [4.78, 5) is 5.44. The second-order valence-electron chi connectivity index (χ2n) is 5.12. The second-order valence-corrected chi connectivity index (χ2v) is 5.12. The molecule has 0 aliphatic carbocycles. The van der Waals surface area contributed by atoms with Crippen LogP contribution in [-0.4, -0.2) is 47.6 Å². The van der Waals surface area contributed by atoms with Crippen molar-refractivity contribution in [1.29, 1.82) is 0 Å². The largest absolute Gasteiger partial charge is 0.299 e. The first-order valence-electron chi connectivity index (χ1n) is 6.22. The third-order valence-electron chi connectivity index (χ3n) is 4.04. The third-order valence-corrected chi connectivity index (χ3v) is 4.04. The molecule has 3 saturated heterocycles. The van der Waals surface area contributed by atoms with E-state index in [2.05, 4.69) is 30.6 Å². The fraction of sp³-hybridized carbons (Fsp3) is 1.00. The van der Waals surface area contributed by atoms with E-state index in [0.29, 0.717) is 0 Å². The Hall–Kier alpha value is -0.0800. The van der Waals surface area contributed by atoms with E-state index in [4.69, 9.17) is 0 Å². The molecule has 3 aliphatic rings. The van der Waals surface area contributed by atoms with Gasteiger partial charge in [0.2, 0.25) is 0 Å². The molecule has 3 fully saturated rings. The predicted molar refractivity (Wildman–Crippen MR) is 60.5 cm³/mol. The van der Waals surface area contributed by atoms with Crippen LogP contribution in [0.15, 0.2) is 0 Å². The van der Waals surface area contributed by atoms with Crippen LogP contribution in [0.2, 0.25) is 0 Å². The van der Waals surface area contributed by atoms with Gasteiger partial charge in [0, 0.05) is 24.7 Å². The first-order chi connectivity index (χ1) is 6.72. The van der Waals surface area contributed by atoms with E-state index in [1.54, 1.807) is 0 Å². The van der Waals surface area contributed by atoms with E-state index in [-0.39, 0.29) is 0 Å². The molecule has 0 aromatic rings. The van der Waals surface area contributed by atoms with Crippen molar-refractivity contribution in [3.8, 4) is 0 Å². The van der Waals surface area contributed by atoms with Gasteiger partial charge < -0.3 is 0 Å². The van der Waals surface area contributed by atoms with Gasteiger partial charge in [-0.25, -0.2) is 0 Å². The molecule has 3 heterocycles. The van der Waals surface area contributed by atoms with Gasteiger partial charge in [-0.15, -0.1) is 0 Å². The summed E-state index contributed by atoms with van der Waals surface area (Å²) in [5, 5.41) is 0. The Morgan fingerprint density at radius 1 is 1.21 bits per heavy atom. The molecule has 3 aliphatic heterocycles. The Morgan fingerprint density at radius 2 is 1.86 bits per heavy atom. The van der Waals surface area contributed by atoms with Crippen LogP contribution in [-0.2, 0) is 0 Å². The lowest BCUT2D eigenvalue weighted by atomic mass is 10.0. The molecule has 3 rings (SSSR count). The maximum atomic E-state index is 2.74. The molecule has 82 valence electrons. The third kappa shape index (κ3) is 1.82. The standard InChI is InChI=1S/C12H24N2/c1-4-11-9-14(10(2)3)12-5-7-13(11)8-6-12/h10-12H,4-9H2,1-3H3. The molecule has 0 aromatic heterocycles. The monoisotopic (exact) mass is 196 g/mol. The lowest BCUT2D eigenvalue weighted by Gasteiger charge is -2.33. The normalized spacial score (nSPS) is 39.0. The number of nitrogens with zero attached hydrogens (tertiary/aromatic N) is 2. The topological polar surface area (TPSA) is 6.48 Å². The van der Waals surface area contributed by atoms with Crippen LogP contribution in [0.25, 0.3) is 0 Å². The summed E-state index contributed by atoms with van der Waals surface area (Å²) in [6.07, 6.45) is 4.11. The van der Waals surface area contributed by atoms with Gasteiger partial charge >= 0.3 is 0 Å². The van der Waals surface area contributed by atoms with Crippen molar-refractivity contribution in [1.82, 2.24) is 9.80 Å². The summed E-state index contributed by atoms with van der Waals surface area (Å²) in [7, 11) is 0. The van der Waals surface area contributed by atoms with Crippen LogP contribution in [0.3, 0.4) is 0 Å². The van der Waals surface area contributed by atoms with Gasteiger partial charge in [0.05, 0.1) is 0 Å². The zero-order valence-corrected chi connectivity index (χ0v) is 9.87. The van der Waals surface area contributed by atoms with Gasteiger partial charge in [0.1, 0.15) is 0 Å². The van der Waals surface area contributed by atoms with Crippen LogP contribution in [0.5, 0.6) is 0 Å². The van der Waals surface area contributed by atoms with Gasteiger partial charge in [0.25, 0.3) is 0 Å². The minimum atomic E-state index is 0.729. The van der Waals surface area contributed by atoms with Crippen LogP contribution in [0, 0.1) is 0 Å². The van der Waals surface area contributed by atoms with Crippen LogP contribution in [0.1, 0.15) is 40.0 Å². The van der Waals surface area contributed by atoms with Crippen LogP contribution < -0.4 is 0 Å². The molecule has 0 N–H and O–H groups in total. The quantitative estimate of drug-likeness (QED) is 0.666. The Labute approximate surface area is 88.3 Å². The number of piperidine rings is 1. The number of rotatable bonds is 2. The van der Waals surface area contributed by atoms with E-state index >= 15 is 0 Å². The maximum Gasteiger partial charge on any atom is 0.0220 e. The summed E-state index contributed by atoms with van der Waals surface area (Å²) in [5.41, 5.74) is 0. The Balaban J connectivity index is 2.12. The maximum absolute atomic E-state index is 2.74. The minimum Gasteiger partial charge on any atom is -0.299 e. The number of fused-ring (bicyclic) bond motifs is 4. The van der Waals surface area contributed by atoms with Gasteiger partial charge in [0.15, 0.2) is 0 Å². The Kier molecular flexibility index (Phi) is 3.13. The Morgan fingerprint density at radius 3 is 2.36 bits per heavy atom. The van der Waals surface area contributed by atoms with E-state index in [0.717, 1.165) is 18.1 Å². The fourth-order valence-corrected chi connectivity index (χ4v) is 3.11. The van der Waals surface area contributed by atoms with Crippen molar-refractivity contribution >= 4 is 0 Å². The molecule has 0 aromatic carbocycles. The SMILES string of the molecule is CCC1CN(C(C)C)C2CCN1CC2. The molecule has 2 nitrogen and oxygen atoms in total. The minimum absolute atomic E-state index is 0.729. The van der Waals surface area contributed by atoms with E-state index in [1.165, 1.54) is 38.9 Å². The molecule has 14 heavy (non-hydrogen) atoms. The van der Waals surface area contributed by atoms with Crippen molar-refractivity contribution in [3.05, 3.63) is 0 Å². The van der Waals surface area contributed by atoms with Crippen molar-refractivity contribution in [2.75, 3.05) is 19.6 Å². The van der Waals surface area contributed by atoms with Crippen molar-refractivity contribution in [2.24, 2.45) is 0 Å². The van der Waals surface area contributed by atoms with Crippen molar-refractivity contribution in [3.63, 3.8) is 0 Å².